The lowest BCUT2D eigenvalue weighted by Crippen LogP contribution is -2.27. The van der Waals surface area contributed by atoms with Gasteiger partial charge in [0.25, 0.3) is 5.91 Å². The molecule has 7 heteroatoms. The van der Waals surface area contributed by atoms with Crippen LogP contribution >= 0.6 is 11.6 Å². The van der Waals surface area contributed by atoms with E-state index < -0.39 is 11.7 Å². The molecule has 2 aromatic carbocycles. The van der Waals surface area contributed by atoms with Crippen LogP contribution in [-0.2, 0) is 11.2 Å². The van der Waals surface area contributed by atoms with Crippen molar-refractivity contribution in [3.63, 3.8) is 0 Å². The van der Waals surface area contributed by atoms with Crippen LogP contribution in [0.5, 0.6) is 0 Å². The van der Waals surface area contributed by atoms with E-state index in [2.05, 4.69) is 5.32 Å². The zero-order valence-corrected chi connectivity index (χ0v) is 14.6. The van der Waals surface area contributed by atoms with E-state index in [-0.39, 0.29) is 29.3 Å². The van der Waals surface area contributed by atoms with Crippen LogP contribution in [0.15, 0.2) is 36.4 Å². The van der Waals surface area contributed by atoms with Crippen LogP contribution in [0.4, 0.5) is 10.1 Å². The fourth-order valence-corrected chi connectivity index (χ4v) is 3.20. The molecule has 0 saturated heterocycles. The molecule has 0 saturated carbocycles. The van der Waals surface area contributed by atoms with Crippen molar-refractivity contribution in [2.75, 3.05) is 18.0 Å². The number of carbonyl (C=O) groups is 3. The number of benzene rings is 2. The van der Waals surface area contributed by atoms with Crippen molar-refractivity contribution in [2.45, 2.75) is 12.8 Å². The Balaban J connectivity index is 1.60. The largest absolute Gasteiger partial charge is 0.351 e. The average molecular weight is 375 g/mol. The summed E-state index contributed by atoms with van der Waals surface area (Å²) in [6, 6.07) is 9.19. The number of rotatable bonds is 6. The van der Waals surface area contributed by atoms with Gasteiger partial charge in [0, 0.05) is 30.8 Å². The first kappa shape index (κ1) is 18.1. The van der Waals surface area contributed by atoms with Gasteiger partial charge in [0.2, 0.25) is 6.41 Å². The predicted molar refractivity (Wildman–Crippen MR) is 96.2 cm³/mol. The van der Waals surface area contributed by atoms with Gasteiger partial charge in [-0.05, 0) is 42.3 Å². The van der Waals surface area contributed by atoms with Gasteiger partial charge in [-0.25, -0.2) is 4.39 Å². The van der Waals surface area contributed by atoms with E-state index in [9.17, 15) is 18.8 Å². The second kappa shape index (κ2) is 7.66. The van der Waals surface area contributed by atoms with Crippen molar-refractivity contribution in [1.82, 2.24) is 5.32 Å². The molecule has 1 N–H and O–H groups in total. The molecule has 0 radical (unpaired) electrons. The SMILES string of the molecule is O=CN1CCc2cc(C(=O)CCNC(=O)c3c(F)cccc3Cl)ccc21. The molecule has 5 nitrogen and oxygen atoms in total. The Hall–Kier alpha value is -2.73. The first-order valence-corrected chi connectivity index (χ1v) is 8.49. The molecule has 0 aliphatic carbocycles. The minimum absolute atomic E-state index is 0.0205. The maximum atomic E-state index is 13.7. The summed E-state index contributed by atoms with van der Waals surface area (Å²) >= 11 is 5.84. The van der Waals surface area contributed by atoms with Crippen LogP contribution in [0.3, 0.4) is 0 Å². The highest BCUT2D eigenvalue weighted by Crippen LogP contribution is 2.28. The predicted octanol–water partition coefficient (Wildman–Crippen LogP) is 3.00. The molecule has 0 atom stereocenters. The van der Waals surface area contributed by atoms with Gasteiger partial charge >= 0.3 is 0 Å². The molecule has 3 rings (SSSR count). The van der Waals surface area contributed by atoms with E-state index in [0.717, 1.165) is 23.7 Å². The van der Waals surface area contributed by atoms with Crippen LogP contribution in [-0.4, -0.2) is 31.2 Å². The summed E-state index contributed by atoms with van der Waals surface area (Å²) in [5, 5.41) is 2.53. The number of anilines is 1. The van der Waals surface area contributed by atoms with Crippen LogP contribution in [0, 0.1) is 5.82 Å². The molecule has 0 spiro atoms. The minimum Gasteiger partial charge on any atom is -0.351 e. The molecule has 2 amide bonds. The summed E-state index contributed by atoms with van der Waals surface area (Å²) in [5.74, 6) is -1.51. The summed E-state index contributed by atoms with van der Waals surface area (Å²) in [5.41, 5.74) is 2.06. The van der Waals surface area contributed by atoms with Crippen molar-refractivity contribution < 1.29 is 18.8 Å². The monoisotopic (exact) mass is 374 g/mol. The van der Waals surface area contributed by atoms with Crippen molar-refractivity contribution in [2.24, 2.45) is 0 Å². The van der Waals surface area contributed by atoms with Crippen LogP contribution in [0.1, 0.15) is 32.7 Å². The van der Waals surface area contributed by atoms with Crippen LogP contribution < -0.4 is 10.2 Å². The standard InChI is InChI=1S/C19H16ClFN2O3/c20-14-2-1-3-15(21)18(14)19(26)22-8-6-17(25)13-4-5-16-12(10-13)7-9-23(16)11-24/h1-5,10-11H,6-9H2,(H,22,26). The average Bonchev–Trinajstić information content (AvgIpc) is 3.03. The zero-order chi connectivity index (χ0) is 18.7. The van der Waals surface area contributed by atoms with Gasteiger partial charge in [-0.3, -0.25) is 14.4 Å². The Morgan fingerprint density at radius 3 is 2.81 bits per heavy atom. The number of ketones is 1. The fourth-order valence-electron chi connectivity index (χ4n) is 2.95. The Labute approximate surface area is 154 Å². The smallest absolute Gasteiger partial charge is 0.255 e. The summed E-state index contributed by atoms with van der Waals surface area (Å²) in [7, 11) is 0. The highest BCUT2D eigenvalue weighted by Gasteiger charge is 2.20. The van der Waals surface area contributed by atoms with Crippen LogP contribution in [0.25, 0.3) is 0 Å². The second-order valence-electron chi connectivity index (χ2n) is 5.92. The van der Waals surface area contributed by atoms with Gasteiger partial charge in [-0.1, -0.05) is 17.7 Å². The molecule has 26 heavy (non-hydrogen) atoms. The summed E-state index contributed by atoms with van der Waals surface area (Å²) in [6.07, 6.45) is 1.56. The van der Waals surface area contributed by atoms with Crippen molar-refractivity contribution >= 4 is 35.4 Å². The first-order valence-electron chi connectivity index (χ1n) is 8.11. The molecule has 0 fully saturated rings. The van der Waals surface area contributed by atoms with Gasteiger partial charge in [-0.15, -0.1) is 0 Å². The van der Waals surface area contributed by atoms with E-state index >= 15 is 0 Å². The number of hydrogen-bond acceptors (Lipinski definition) is 3. The molecule has 1 aliphatic rings. The van der Waals surface area contributed by atoms with Crippen molar-refractivity contribution in [3.8, 4) is 0 Å². The van der Waals surface area contributed by atoms with Gasteiger partial charge in [-0.2, -0.15) is 0 Å². The summed E-state index contributed by atoms with van der Waals surface area (Å²) < 4.78 is 13.7. The minimum atomic E-state index is -0.709. The third-order valence-electron chi connectivity index (χ3n) is 4.29. The third-order valence-corrected chi connectivity index (χ3v) is 4.60. The third kappa shape index (κ3) is 3.60. The van der Waals surface area contributed by atoms with E-state index in [1.807, 2.05) is 0 Å². The van der Waals surface area contributed by atoms with E-state index in [1.54, 1.807) is 23.1 Å². The maximum absolute atomic E-state index is 13.7. The Morgan fingerprint density at radius 2 is 2.08 bits per heavy atom. The molecule has 0 bridgehead atoms. The number of halogens is 2. The molecule has 2 aromatic rings. The Kier molecular flexibility index (Phi) is 5.32. The highest BCUT2D eigenvalue weighted by atomic mass is 35.5. The topological polar surface area (TPSA) is 66.5 Å². The van der Waals surface area contributed by atoms with Gasteiger partial charge in [0.15, 0.2) is 5.78 Å². The molecular formula is C19H16ClFN2O3. The molecule has 0 unspecified atom stereocenters. The van der Waals surface area contributed by atoms with Gasteiger partial charge in [0.05, 0.1) is 10.6 Å². The highest BCUT2D eigenvalue weighted by molar-refractivity contribution is 6.33. The number of nitrogens with one attached hydrogen (secondary N) is 1. The summed E-state index contributed by atoms with van der Waals surface area (Å²) in [4.78, 5) is 36.9. The lowest BCUT2D eigenvalue weighted by atomic mass is 10.0. The zero-order valence-electron chi connectivity index (χ0n) is 13.8. The lowest BCUT2D eigenvalue weighted by Gasteiger charge is -2.10. The van der Waals surface area contributed by atoms with Crippen LogP contribution in [0.2, 0.25) is 5.02 Å². The quantitative estimate of drug-likeness (QED) is 0.624. The number of amides is 2. The molecular weight excluding hydrogens is 359 g/mol. The number of nitrogens with zero attached hydrogens (tertiary/aromatic N) is 1. The van der Waals surface area contributed by atoms with Gasteiger partial charge < -0.3 is 10.2 Å². The number of fused-ring (bicyclic) bond motifs is 1. The Morgan fingerprint density at radius 1 is 1.27 bits per heavy atom. The molecule has 1 heterocycles. The second-order valence-corrected chi connectivity index (χ2v) is 6.33. The molecule has 1 aliphatic heterocycles. The van der Waals surface area contributed by atoms with E-state index in [1.165, 1.54) is 12.1 Å². The van der Waals surface area contributed by atoms with E-state index in [4.69, 9.17) is 11.6 Å². The van der Waals surface area contributed by atoms with Crippen molar-refractivity contribution in [3.05, 3.63) is 63.9 Å². The van der Waals surface area contributed by atoms with Gasteiger partial charge in [0.1, 0.15) is 5.82 Å². The molecule has 134 valence electrons. The van der Waals surface area contributed by atoms with Crippen molar-refractivity contribution in [1.29, 1.82) is 0 Å². The fraction of sp³-hybridized carbons (Fsp3) is 0.211. The number of Topliss-reactive ketones (excluding diaryl/α,β-unsaturated/α-hetero) is 1. The number of carbonyl (C=O) groups excluding carboxylic acids is 3. The maximum Gasteiger partial charge on any atom is 0.255 e. The van der Waals surface area contributed by atoms with E-state index in [0.29, 0.717) is 18.5 Å². The summed E-state index contributed by atoms with van der Waals surface area (Å²) in [6.45, 7) is 0.676. The number of hydrogen-bond donors (Lipinski definition) is 1. The lowest BCUT2D eigenvalue weighted by molar-refractivity contribution is -0.107. The normalized spacial score (nSPS) is 12.6. The Bertz CT molecular complexity index is 865. The molecule has 0 aromatic heterocycles. The first-order chi connectivity index (χ1) is 12.5.